The van der Waals surface area contributed by atoms with Crippen molar-refractivity contribution >= 4 is 23.1 Å². The number of nitrogens with zero attached hydrogens (tertiary/aromatic N) is 1. The van der Waals surface area contributed by atoms with Crippen LogP contribution in [-0.2, 0) is 16.1 Å². The van der Waals surface area contributed by atoms with Crippen molar-refractivity contribution in [1.82, 2.24) is 4.90 Å². The quantitative estimate of drug-likeness (QED) is 0.680. The van der Waals surface area contributed by atoms with Crippen LogP contribution in [0.15, 0.2) is 90.6 Å². The van der Waals surface area contributed by atoms with Crippen molar-refractivity contribution in [2.45, 2.75) is 13.5 Å². The van der Waals surface area contributed by atoms with Gasteiger partial charge in [-0.2, -0.15) is 0 Å². The second-order valence-electron chi connectivity index (χ2n) is 6.79. The average Bonchev–Trinajstić information content (AvgIpc) is 2.95. The van der Waals surface area contributed by atoms with Crippen LogP contribution >= 0.6 is 0 Å². The fourth-order valence-electron chi connectivity index (χ4n) is 3.26. The Balaban J connectivity index is 1.73. The van der Waals surface area contributed by atoms with Crippen LogP contribution in [0.4, 0.5) is 5.69 Å². The molecule has 3 aromatic rings. The van der Waals surface area contributed by atoms with Gasteiger partial charge in [0.15, 0.2) is 0 Å². The van der Waals surface area contributed by atoms with E-state index in [4.69, 9.17) is 0 Å². The topological polar surface area (TPSA) is 49.4 Å². The van der Waals surface area contributed by atoms with E-state index in [1.165, 1.54) is 4.90 Å². The number of imide groups is 1. The van der Waals surface area contributed by atoms with E-state index >= 15 is 0 Å². The van der Waals surface area contributed by atoms with E-state index in [2.05, 4.69) is 5.32 Å². The molecular weight excluding hydrogens is 348 g/mol. The Morgan fingerprint density at radius 2 is 1.36 bits per heavy atom. The second-order valence-corrected chi connectivity index (χ2v) is 6.79. The van der Waals surface area contributed by atoms with Gasteiger partial charge in [-0.05, 0) is 30.2 Å². The number of amides is 2. The SMILES string of the molecule is Cc1ccc(NC2=C(c3ccccc3)C(=O)N(Cc3ccccc3)C2=O)cc1. The van der Waals surface area contributed by atoms with Crippen molar-refractivity contribution in [2.75, 3.05) is 5.32 Å². The molecule has 0 atom stereocenters. The summed E-state index contributed by atoms with van der Waals surface area (Å²) >= 11 is 0. The Morgan fingerprint density at radius 1 is 0.750 bits per heavy atom. The van der Waals surface area contributed by atoms with Crippen molar-refractivity contribution in [3.05, 3.63) is 107 Å². The van der Waals surface area contributed by atoms with E-state index in [1.54, 1.807) is 0 Å². The Labute approximate surface area is 164 Å². The number of carbonyl (C=O) groups is 2. The van der Waals surface area contributed by atoms with Gasteiger partial charge in [0.1, 0.15) is 5.70 Å². The molecule has 0 fully saturated rings. The van der Waals surface area contributed by atoms with E-state index in [0.29, 0.717) is 11.3 Å². The maximum Gasteiger partial charge on any atom is 0.278 e. The summed E-state index contributed by atoms with van der Waals surface area (Å²) < 4.78 is 0. The van der Waals surface area contributed by atoms with Crippen LogP contribution in [-0.4, -0.2) is 16.7 Å². The minimum absolute atomic E-state index is 0.244. The van der Waals surface area contributed by atoms with Gasteiger partial charge in [0.05, 0.1) is 12.1 Å². The molecule has 28 heavy (non-hydrogen) atoms. The molecular formula is C24H20N2O2. The summed E-state index contributed by atoms with van der Waals surface area (Å²) in [6.45, 7) is 2.25. The van der Waals surface area contributed by atoms with Crippen LogP contribution < -0.4 is 5.32 Å². The first-order valence-corrected chi connectivity index (χ1v) is 9.17. The smallest absolute Gasteiger partial charge is 0.278 e. The highest BCUT2D eigenvalue weighted by molar-refractivity contribution is 6.36. The molecule has 0 aliphatic carbocycles. The average molecular weight is 368 g/mol. The van der Waals surface area contributed by atoms with E-state index in [9.17, 15) is 9.59 Å². The van der Waals surface area contributed by atoms with Crippen molar-refractivity contribution in [2.24, 2.45) is 0 Å². The zero-order valence-electron chi connectivity index (χ0n) is 15.6. The lowest BCUT2D eigenvalue weighted by molar-refractivity contribution is -0.137. The van der Waals surface area contributed by atoms with Gasteiger partial charge in [0, 0.05) is 5.69 Å². The molecule has 4 heteroatoms. The predicted octanol–water partition coefficient (Wildman–Crippen LogP) is 4.39. The molecule has 0 radical (unpaired) electrons. The third-order valence-corrected chi connectivity index (χ3v) is 4.73. The summed E-state index contributed by atoms with van der Waals surface area (Å²) in [5.41, 5.74) is 4.26. The second kappa shape index (κ2) is 7.53. The molecule has 0 saturated carbocycles. The molecule has 4 rings (SSSR count). The maximum atomic E-state index is 13.2. The summed E-state index contributed by atoms with van der Waals surface area (Å²) in [5, 5.41) is 3.18. The highest BCUT2D eigenvalue weighted by atomic mass is 16.2. The number of nitrogens with one attached hydrogen (secondary N) is 1. The molecule has 0 bridgehead atoms. The molecule has 1 heterocycles. The fourth-order valence-corrected chi connectivity index (χ4v) is 3.26. The molecule has 0 unspecified atom stereocenters. The third kappa shape index (κ3) is 3.45. The van der Waals surface area contributed by atoms with Gasteiger partial charge in [0.2, 0.25) is 0 Å². The molecule has 1 N–H and O–H groups in total. The largest absolute Gasteiger partial charge is 0.350 e. The molecule has 0 saturated heterocycles. The summed E-state index contributed by atoms with van der Waals surface area (Å²) in [6, 6.07) is 26.6. The number of rotatable bonds is 5. The van der Waals surface area contributed by atoms with Gasteiger partial charge in [-0.1, -0.05) is 78.4 Å². The normalized spacial score (nSPS) is 14.0. The van der Waals surface area contributed by atoms with Crippen LogP contribution in [0, 0.1) is 6.92 Å². The lowest BCUT2D eigenvalue weighted by Crippen LogP contribution is -2.31. The Bertz CT molecular complexity index is 1040. The minimum atomic E-state index is -0.312. The van der Waals surface area contributed by atoms with Crippen molar-refractivity contribution in [3.63, 3.8) is 0 Å². The van der Waals surface area contributed by atoms with Crippen molar-refractivity contribution in [3.8, 4) is 0 Å². The summed E-state index contributed by atoms with van der Waals surface area (Å²) in [5.74, 6) is -0.594. The Hall–Kier alpha value is -3.66. The lowest BCUT2D eigenvalue weighted by atomic mass is 10.0. The standard InChI is InChI=1S/C24H20N2O2/c1-17-12-14-20(15-13-17)25-22-21(19-10-6-3-7-11-19)23(27)26(24(22)28)16-18-8-4-2-5-9-18/h2-15,25H,16H2,1H3. The molecule has 138 valence electrons. The molecule has 0 spiro atoms. The van der Waals surface area contributed by atoms with Crippen LogP contribution in [0.1, 0.15) is 16.7 Å². The van der Waals surface area contributed by atoms with E-state index in [-0.39, 0.29) is 18.4 Å². The zero-order chi connectivity index (χ0) is 19.5. The van der Waals surface area contributed by atoms with Crippen LogP contribution in [0.2, 0.25) is 0 Å². The van der Waals surface area contributed by atoms with Crippen LogP contribution in [0.3, 0.4) is 0 Å². The molecule has 2 amide bonds. The Kier molecular flexibility index (Phi) is 4.77. The van der Waals surface area contributed by atoms with E-state index < -0.39 is 0 Å². The first-order chi connectivity index (χ1) is 13.6. The monoisotopic (exact) mass is 368 g/mol. The summed E-state index contributed by atoms with van der Waals surface area (Å²) in [6.07, 6.45) is 0. The van der Waals surface area contributed by atoms with Gasteiger partial charge in [0.25, 0.3) is 11.8 Å². The minimum Gasteiger partial charge on any atom is -0.350 e. The molecule has 3 aromatic carbocycles. The van der Waals surface area contributed by atoms with E-state index in [1.807, 2.05) is 91.9 Å². The van der Waals surface area contributed by atoms with Crippen molar-refractivity contribution < 1.29 is 9.59 Å². The maximum absolute atomic E-state index is 13.2. The van der Waals surface area contributed by atoms with Gasteiger partial charge < -0.3 is 5.32 Å². The van der Waals surface area contributed by atoms with E-state index in [0.717, 1.165) is 22.4 Å². The predicted molar refractivity (Wildman–Crippen MR) is 110 cm³/mol. The fraction of sp³-hybridized carbons (Fsp3) is 0.0833. The van der Waals surface area contributed by atoms with Gasteiger partial charge >= 0.3 is 0 Å². The number of carbonyl (C=O) groups excluding carboxylic acids is 2. The summed E-state index contributed by atoms with van der Waals surface area (Å²) in [4.78, 5) is 27.6. The number of hydrogen-bond donors (Lipinski definition) is 1. The first kappa shape index (κ1) is 17.7. The van der Waals surface area contributed by atoms with Crippen LogP contribution in [0.5, 0.6) is 0 Å². The number of benzene rings is 3. The number of aryl methyl sites for hydroxylation is 1. The third-order valence-electron chi connectivity index (χ3n) is 4.73. The van der Waals surface area contributed by atoms with Gasteiger partial charge in [-0.3, -0.25) is 14.5 Å². The highest BCUT2D eigenvalue weighted by Gasteiger charge is 2.39. The van der Waals surface area contributed by atoms with Crippen LogP contribution in [0.25, 0.3) is 5.57 Å². The zero-order valence-corrected chi connectivity index (χ0v) is 15.6. The molecule has 1 aliphatic rings. The Morgan fingerprint density at radius 3 is 2.00 bits per heavy atom. The van der Waals surface area contributed by atoms with Crippen molar-refractivity contribution in [1.29, 1.82) is 0 Å². The molecule has 1 aliphatic heterocycles. The summed E-state index contributed by atoms with van der Waals surface area (Å²) in [7, 11) is 0. The first-order valence-electron chi connectivity index (χ1n) is 9.17. The van der Waals surface area contributed by atoms with Gasteiger partial charge in [-0.25, -0.2) is 0 Å². The number of hydrogen-bond acceptors (Lipinski definition) is 3. The van der Waals surface area contributed by atoms with Gasteiger partial charge in [-0.15, -0.1) is 0 Å². The molecule has 0 aromatic heterocycles. The molecule has 4 nitrogen and oxygen atoms in total. The number of anilines is 1. The highest BCUT2D eigenvalue weighted by Crippen LogP contribution is 2.31. The lowest BCUT2D eigenvalue weighted by Gasteiger charge is -2.15.